The molecule has 0 aliphatic heterocycles. The second-order valence-electron chi connectivity index (χ2n) is 2.45. The average molecular weight is 216 g/mol. The van der Waals surface area contributed by atoms with Gasteiger partial charge in [-0.05, 0) is 18.2 Å². The number of nitrogens with zero attached hydrogens (tertiary/aromatic N) is 2. The van der Waals surface area contributed by atoms with E-state index in [1.807, 2.05) is 0 Å². The summed E-state index contributed by atoms with van der Waals surface area (Å²) in [6.45, 7) is 0. The van der Waals surface area contributed by atoms with Gasteiger partial charge in [0.15, 0.2) is 0 Å². The van der Waals surface area contributed by atoms with Crippen molar-refractivity contribution in [3.8, 4) is 0 Å². The molecule has 0 amide bonds. The van der Waals surface area contributed by atoms with E-state index in [0.717, 1.165) is 0 Å². The van der Waals surface area contributed by atoms with Crippen molar-refractivity contribution in [3.05, 3.63) is 18.2 Å². The van der Waals surface area contributed by atoms with Crippen molar-refractivity contribution in [2.45, 2.75) is 4.90 Å². The van der Waals surface area contributed by atoms with Gasteiger partial charge in [-0.15, -0.1) is 0 Å². The molecule has 0 spiro atoms. The predicted molar refractivity (Wildman–Crippen MR) is 48.7 cm³/mol. The highest BCUT2D eigenvalue weighted by molar-refractivity contribution is 7.85. The Balaban J connectivity index is 0.000000980. The number of hydrogen-bond donors (Lipinski definition) is 3. The van der Waals surface area contributed by atoms with E-state index in [9.17, 15) is 8.42 Å². The lowest BCUT2D eigenvalue weighted by molar-refractivity contribution is 0.483. The minimum atomic E-state index is -4.15. The second-order valence-corrected chi connectivity index (χ2v) is 3.87. The van der Waals surface area contributed by atoms with Crippen molar-refractivity contribution in [1.29, 1.82) is 0 Å². The summed E-state index contributed by atoms with van der Waals surface area (Å²) in [5.41, 5.74) is 0.947. The standard InChI is InChI=1S/C6H5N3O3S.H3N/c10-13(11,12)4-1-2-5-6(3-4)8-9-7-5;/h1-3H,(H,7,8,9)(H,10,11,12);1H3. The van der Waals surface area contributed by atoms with Crippen LogP contribution in [0.5, 0.6) is 0 Å². The summed E-state index contributed by atoms with van der Waals surface area (Å²) >= 11 is 0. The molecule has 7 nitrogen and oxygen atoms in total. The third-order valence-corrected chi connectivity index (χ3v) is 2.44. The van der Waals surface area contributed by atoms with Gasteiger partial charge in [0.05, 0.1) is 4.90 Å². The zero-order chi connectivity index (χ0) is 9.47. The zero-order valence-corrected chi connectivity index (χ0v) is 7.82. The number of fused-ring (bicyclic) bond motifs is 1. The zero-order valence-electron chi connectivity index (χ0n) is 7.01. The van der Waals surface area contributed by atoms with Gasteiger partial charge in [-0.1, -0.05) is 0 Å². The highest BCUT2D eigenvalue weighted by atomic mass is 32.2. The van der Waals surface area contributed by atoms with E-state index in [1.165, 1.54) is 18.2 Å². The molecule has 0 atom stereocenters. The molecule has 0 unspecified atom stereocenters. The summed E-state index contributed by atoms with van der Waals surface area (Å²) in [5.74, 6) is 0. The minimum absolute atomic E-state index is 0. The molecule has 14 heavy (non-hydrogen) atoms. The molecule has 8 heteroatoms. The quantitative estimate of drug-likeness (QED) is 0.590. The van der Waals surface area contributed by atoms with E-state index in [2.05, 4.69) is 15.4 Å². The number of hydrogen-bond acceptors (Lipinski definition) is 5. The molecule has 1 aromatic heterocycles. The fourth-order valence-corrected chi connectivity index (χ4v) is 1.48. The van der Waals surface area contributed by atoms with Gasteiger partial charge < -0.3 is 6.15 Å². The molecule has 0 aliphatic rings. The largest absolute Gasteiger partial charge is 0.344 e. The van der Waals surface area contributed by atoms with Gasteiger partial charge in [0.25, 0.3) is 10.1 Å². The third-order valence-electron chi connectivity index (χ3n) is 1.59. The molecule has 2 aromatic rings. The van der Waals surface area contributed by atoms with Crippen LogP contribution in [-0.4, -0.2) is 28.4 Å². The molecule has 0 bridgehead atoms. The van der Waals surface area contributed by atoms with Crippen LogP contribution >= 0.6 is 0 Å². The first kappa shape index (κ1) is 10.6. The van der Waals surface area contributed by atoms with Crippen LogP contribution in [0.2, 0.25) is 0 Å². The molecular formula is C6H8N4O3S. The van der Waals surface area contributed by atoms with Crippen molar-refractivity contribution in [1.82, 2.24) is 21.6 Å². The second kappa shape index (κ2) is 3.33. The van der Waals surface area contributed by atoms with E-state index in [0.29, 0.717) is 11.0 Å². The Labute approximate surface area is 79.5 Å². The van der Waals surface area contributed by atoms with Crippen LogP contribution in [0, 0.1) is 0 Å². The van der Waals surface area contributed by atoms with Crippen LogP contribution < -0.4 is 6.15 Å². The van der Waals surface area contributed by atoms with Crippen LogP contribution in [0.1, 0.15) is 0 Å². The van der Waals surface area contributed by atoms with E-state index < -0.39 is 10.1 Å². The first-order chi connectivity index (χ1) is 6.07. The summed E-state index contributed by atoms with van der Waals surface area (Å²) in [6, 6.07) is 3.97. The van der Waals surface area contributed by atoms with Gasteiger partial charge in [0.1, 0.15) is 11.0 Å². The van der Waals surface area contributed by atoms with Crippen molar-refractivity contribution in [2.24, 2.45) is 0 Å². The Hall–Kier alpha value is -1.51. The van der Waals surface area contributed by atoms with Crippen LogP contribution in [-0.2, 0) is 10.1 Å². The first-order valence-electron chi connectivity index (χ1n) is 3.35. The Morgan fingerprint density at radius 3 is 2.50 bits per heavy atom. The van der Waals surface area contributed by atoms with E-state index in [1.54, 1.807) is 0 Å². The number of aromatic nitrogens is 3. The SMILES string of the molecule is N.O=S(=O)(O)c1ccc2n[nH]nc2c1. The van der Waals surface area contributed by atoms with E-state index >= 15 is 0 Å². The normalized spacial score (nSPS) is 11.2. The van der Waals surface area contributed by atoms with Crippen molar-refractivity contribution >= 4 is 21.2 Å². The third kappa shape index (κ3) is 1.71. The Bertz CT molecular complexity index is 547. The molecule has 0 aliphatic carbocycles. The van der Waals surface area contributed by atoms with Crippen molar-refractivity contribution in [3.63, 3.8) is 0 Å². The van der Waals surface area contributed by atoms with Crippen molar-refractivity contribution in [2.75, 3.05) is 0 Å². The van der Waals surface area contributed by atoms with E-state index in [-0.39, 0.29) is 11.0 Å². The summed E-state index contributed by atoms with van der Waals surface area (Å²) in [5, 5.41) is 9.75. The minimum Gasteiger partial charge on any atom is -0.344 e. The lowest BCUT2D eigenvalue weighted by Gasteiger charge is -1.93. The molecule has 0 radical (unpaired) electrons. The number of benzene rings is 1. The van der Waals surface area contributed by atoms with Gasteiger partial charge in [0.2, 0.25) is 0 Å². The van der Waals surface area contributed by atoms with Gasteiger partial charge in [-0.25, -0.2) is 0 Å². The maximum Gasteiger partial charge on any atom is 0.294 e. The van der Waals surface area contributed by atoms with Gasteiger partial charge in [-0.2, -0.15) is 23.8 Å². The summed E-state index contributed by atoms with van der Waals surface area (Å²) in [7, 11) is -4.15. The smallest absolute Gasteiger partial charge is 0.294 e. The average Bonchev–Trinajstić information content (AvgIpc) is 2.47. The van der Waals surface area contributed by atoms with E-state index in [4.69, 9.17) is 4.55 Å². The Morgan fingerprint density at radius 1 is 1.21 bits per heavy atom. The number of aromatic amines is 1. The first-order valence-corrected chi connectivity index (χ1v) is 4.79. The number of rotatable bonds is 1. The lowest BCUT2D eigenvalue weighted by atomic mass is 10.3. The predicted octanol–water partition coefficient (Wildman–Crippen LogP) is 0.367. The monoisotopic (exact) mass is 216 g/mol. The molecule has 5 N–H and O–H groups in total. The maximum atomic E-state index is 10.7. The summed E-state index contributed by atoms with van der Waals surface area (Å²) in [6.07, 6.45) is 0. The molecule has 0 fully saturated rings. The van der Waals surface area contributed by atoms with Crippen LogP contribution in [0.3, 0.4) is 0 Å². The molecule has 1 aromatic carbocycles. The van der Waals surface area contributed by atoms with Gasteiger partial charge in [0, 0.05) is 0 Å². The fourth-order valence-electron chi connectivity index (χ4n) is 0.981. The number of H-pyrrole nitrogens is 1. The molecule has 2 rings (SSSR count). The van der Waals surface area contributed by atoms with Gasteiger partial charge >= 0.3 is 0 Å². The van der Waals surface area contributed by atoms with Crippen LogP contribution in [0.15, 0.2) is 23.1 Å². The number of nitrogens with one attached hydrogen (secondary N) is 1. The topological polar surface area (TPSA) is 131 Å². The summed E-state index contributed by atoms with van der Waals surface area (Å²) in [4.78, 5) is -0.186. The summed E-state index contributed by atoms with van der Waals surface area (Å²) < 4.78 is 30.1. The fraction of sp³-hybridized carbons (Fsp3) is 0. The molecule has 76 valence electrons. The highest BCUT2D eigenvalue weighted by Crippen LogP contribution is 2.14. The molecule has 0 saturated carbocycles. The highest BCUT2D eigenvalue weighted by Gasteiger charge is 2.10. The van der Waals surface area contributed by atoms with Crippen LogP contribution in [0.25, 0.3) is 11.0 Å². The maximum absolute atomic E-state index is 10.7. The molecular weight excluding hydrogens is 208 g/mol. The lowest BCUT2D eigenvalue weighted by Crippen LogP contribution is -1.97. The van der Waals surface area contributed by atoms with Gasteiger partial charge in [-0.3, -0.25) is 4.55 Å². The molecule has 0 saturated heterocycles. The molecule has 1 heterocycles. The Morgan fingerprint density at radius 2 is 1.86 bits per heavy atom. The van der Waals surface area contributed by atoms with Crippen molar-refractivity contribution < 1.29 is 13.0 Å². The Kier molecular flexibility index (Phi) is 2.51. The van der Waals surface area contributed by atoms with Crippen LogP contribution in [0.4, 0.5) is 0 Å².